The molecule has 0 bridgehead atoms. The average molecular weight is 310 g/mol. The van der Waals surface area contributed by atoms with E-state index < -0.39 is 0 Å². The molecule has 1 aliphatic rings. The van der Waals surface area contributed by atoms with E-state index in [1.54, 1.807) is 0 Å². The molecule has 0 heterocycles. The van der Waals surface area contributed by atoms with Crippen molar-refractivity contribution in [2.45, 2.75) is 64.0 Å². The molecule has 0 amide bonds. The molecule has 0 radical (unpaired) electrons. The Morgan fingerprint density at radius 1 is 1.29 bits per heavy atom. The van der Waals surface area contributed by atoms with Crippen LogP contribution in [0.2, 0.25) is 5.02 Å². The van der Waals surface area contributed by atoms with Gasteiger partial charge in [0, 0.05) is 17.7 Å². The van der Waals surface area contributed by atoms with E-state index in [4.69, 9.17) is 16.3 Å². The molecule has 1 saturated carbocycles. The number of nitrogens with one attached hydrogen (secondary N) is 1. The molecule has 2 nitrogen and oxygen atoms in total. The standard InChI is InChI=1S/C18H28ClNO/c1-2-18(15-8-6-9-16(19)14-15)20-12-7-13-21-17-10-4-3-5-11-17/h6,8-9,14,17-18,20H,2-5,7,10-13H2,1H3. The molecule has 21 heavy (non-hydrogen) atoms. The second-order valence-corrected chi connectivity index (χ2v) is 6.39. The average Bonchev–Trinajstić information content (AvgIpc) is 2.52. The lowest BCUT2D eigenvalue weighted by Gasteiger charge is -2.22. The number of hydrogen-bond acceptors (Lipinski definition) is 2. The Morgan fingerprint density at radius 2 is 2.10 bits per heavy atom. The Kier molecular flexibility index (Phi) is 7.56. The molecule has 2 rings (SSSR count). The Morgan fingerprint density at radius 3 is 2.81 bits per heavy atom. The summed E-state index contributed by atoms with van der Waals surface area (Å²) in [5, 5.41) is 4.43. The van der Waals surface area contributed by atoms with Gasteiger partial charge in [-0.1, -0.05) is 49.9 Å². The maximum absolute atomic E-state index is 6.07. The minimum absolute atomic E-state index is 0.387. The minimum atomic E-state index is 0.387. The lowest BCUT2D eigenvalue weighted by atomic mass is 9.98. The molecule has 118 valence electrons. The van der Waals surface area contributed by atoms with Crippen LogP contribution in [0.4, 0.5) is 0 Å². The monoisotopic (exact) mass is 309 g/mol. The zero-order valence-corrected chi connectivity index (χ0v) is 13.9. The SMILES string of the molecule is CCC(NCCCOC1CCCCC1)c1cccc(Cl)c1. The molecule has 1 N–H and O–H groups in total. The van der Waals surface area contributed by atoms with Gasteiger partial charge in [-0.25, -0.2) is 0 Å². The second kappa shape index (κ2) is 9.45. The first-order chi connectivity index (χ1) is 10.3. The van der Waals surface area contributed by atoms with Crippen molar-refractivity contribution in [3.8, 4) is 0 Å². The fraction of sp³-hybridized carbons (Fsp3) is 0.667. The zero-order valence-electron chi connectivity index (χ0n) is 13.1. The van der Waals surface area contributed by atoms with Crippen molar-refractivity contribution >= 4 is 11.6 Å². The van der Waals surface area contributed by atoms with Gasteiger partial charge in [-0.15, -0.1) is 0 Å². The molecule has 1 unspecified atom stereocenters. The summed E-state index contributed by atoms with van der Waals surface area (Å²) in [5.41, 5.74) is 1.28. The third-order valence-corrected chi connectivity index (χ3v) is 4.51. The van der Waals surface area contributed by atoms with Crippen molar-refractivity contribution in [1.82, 2.24) is 5.32 Å². The van der Waals surface area contributed by atoms with Crippen molar-refractivity contribution in [2.24, 2.45) is 0 Å². The fourth-order valence-corrected chi connectivity index (χ4v) is 3.25. The Bertz CT molecular complexity index is 404. The largest absolute Gasteiger partial charge is 0.378 e. The van der Waals surface area contributed by atoms with Gasteiger partial charge in [-0.2, -0.15) is 0 Å². The van der Waals surface area contributed by atoms with Gasteiger partial charge in [-0.05, 0) is 49.9 Å². The van der Waals surface area contributed by atoms with Gasteiger partial charge >= 0.3 is 0 Å². The zero-order chi connectivity index (χ0) is 14.9. The predicted molar refractivity (Wildman–Crippen MR) is 89.9 cm³/mol. The van der Waals surface area contributed by atoms with Crippen molar-refractivity contribution in [1.29, 1.82) is 0 Å². The molecule has 1 atom stereocenters. The molecule has 3 heteroatoms. The Labute approximate surface area is 134 Å². The predicted octanol–water partition coefficient (Wildman–Crippen LogP) is 5.12. The van der Waals surface area contributed by atoms with Crippen LogP contribution in [0.25, 0.3) is 0 Å². The second-order valence-electron chi connectivity index (χ2n) is 5.95. The van der Waals surface area contributed by atoms with Crippen LogP contribution in [-0.2, 0) is 4.74 Å². The normalized spacial score (nSPS) is 17.8. The van der Waals surface area contributed by atoms with Crippen LogP contribution >= 0.6 is 11.6 Å². The summed E-state index contributed by atoms with van der Waals surface area (Å²) in [6.45, 7) is 4.08. The first-order valence-electron chi connectivity index (χ1n) is 8.40. The van der Waals surface area contributed by atoms with Gasteiger partial charge in [0.25, 0.3) is 0 Å². The van der Waals surface area contributed by atoms with Crippen LogP contribution in [-0.4, -0.2) is 19.3 Å². The van der Waals surface area contributed by atoms with E-state index in [1.165, 1.54) is 37.7 Å². The van der Waals surface area contributed by atoms with Crippen LogP contribution in [0.3, 0.4) is 0 Å². The maximum atomic E-state index is 6.07. The number of rotatable bonds is 8. The number of benzene rings is 1. The topological polar surface area (TPSA) is 21.3 Å². The molecule has 1 fully saturated rings. The van der Waals surface area contributed by atoms with Gasteiger partial charge in [-0.3, -0.25) is 0 Å². The summed E-state index contributed by atoms with van der Waals surface area (Å²) < 4.78 is 5.96. The van der Waals surface area contributed by atoms with E-state index in [-0.39, 0.29) is 0 Å². The highest BCUT2D eigenvalue weighted by Gasteiger charge is 2.13. The first-order valence-corrected chi connectivity index (χ1v) is 8.78. The summed E-state index contributed by atoms with van der Waals surface area (Å²) in [6.07, 6.45) is 9.26. The summed E-state index contributed by atoms with van der Waals surface area (Å²) in [7, 11) is 0. The van der Waals surface area contributed by atoms with Crippen LogP contribution in [0.15, 0.2) is 24.3 Å². The highest BCUT2D eigenvalue weighted by molar-refractivity contribution is 6.30. The number of hydrogen-bond donors (Lipinski definition) is 1. The first kappa shape index (κ1) is 16.8. The highest BCUT2D eigenvalue weighted by atomic mass is 35.5. The molecule has 1 aromatic rings. The Balaban J connectivity index is 1.64. The van der Waals surface area contributed by atoms with Gasteiger partial charge in [0.2, 0.25) is 0 Å². The van der Waals surface area contributed by atoms with Gasteiger partial charge in [0.1, 0.15) is 0 Å². The summed E-state index contributed by atoms with van der Waals surface area (Å²) in [5.74, 6) is 0. The van der Waals surface area contributed by atoms with Gasteiger partial charge in [0.05, 0.1) is 6.10 Å². The molecule has 1 aliphatic carbocycles. The smallest absolute Gasteiger partial charge is 0.0575 e. The van der Waals surface area contributed by atoms with E-state index in [0.717, 1.165) is 31.0 Å². The lowest BCUT2D eigenvalue weighted by Crippen LogP contribution is -2.24. The van der Waals surface area contributed by atoms with Crippen molar-refractivity contribution in [3.63, 3.8) is 0 Å². The summed E-state index contributed by atoms with van der Waals surface area (Å²) >= 11 is 6.07. The van der Waals surface area contributed by atoms with Gasteiger partial charge < -0.3 is 10.1 Å². The molecular weight excluding hydrogens is 282 g/mol. The fourth-order valence-electron chi connectivity index (χ4n) is 3.05. The Hall–Kier alpha value is -0.570. The molecule has 0 spiro atoms. The molecule has 1 aromatic carbocycles. The van der Waals surface area contributed by atoms with Crippen molar-refractivity contribution < 1.29 is 4.74 Å². The quantitative estimate of drug-likeness (QED) is 0.673. The minimum Gasteiger partial charge on any atom is -0.378 e. The van der Waals surface area contributed by atoms with Gasteiger partial charge in [0.15, 0.2) is 0 Å². The lowest BCUT2D eigenvalue weighted by molar-refractivity contribution is 0.0271. The maximum Gasteiger partial charge on any atom is 0.0575 e. The summed E-state index contributed by atoms with van der Waals surface area (Å²) in [6, 6.07) is 8.54. The van der Waals surface area contributed by atoms with E-state index in [9.17, 15) is 0 Å². The number of ether oxygens (including phenoxy) is 1. The van der Waals surface area contributed by atoms with Crippen LogP contribution < -0.4 is 5.32 Å². The van der Waals surface area contributed by atoms with E-state index in [0.29, 0.717) is 12.1 Å². The third-order valence-electron chi connectivity index (χ3n) is 4.28. The van der Waals surface area contributed by atoms with Crippen molar-refractivity contribution in [3.05, 3.63) is 34.9 Å². The molecule has 0 aromatic heterocycles. The van der Waals surface area contributed by atoms with E-state index in [1.807, 2.05) is 12.1 Å². The highest BCUT2D eigenvalue weighted by Crippen LogP contribution is 2.21. The molecular formula is C18H28ClNO. The molecule has 0 saturated heterocycles. The summed E-state index contributed by atoms with van der Waals surface area (Å²) in [4.78, 5) is 0. The van der Waals surface area contributed by atoms with Crippen LogP contribution in [0, 0.1) is 0 Å². The molecule has 0 aliphatic heterocycles. The number of halogens is 1. The van der Waals surface area contributed by atoms with Crippen LogP contribution in [0.1, 0.15) is 63.5 Å². The van der Waals surface area contributed by atoms with E-state index >= 15 is 0 Å². The van der Waals surface area contributed by atoms with E-state index in [2.05, 4.69) is 24.4 Å². The van der Waals surface area contributed by atoms with Crippen LogP contribution in [0.5, 0.6) is 0 Å². The third kappa shape index (κ3) is 5.98. The van der Waals surface area contributed by atoms with Crippen molar-refractivity contribution in [2.75, 3.05) is 13.2 Å².